The smallest absolute Gasteiger partial charge is 0.322 e. The number of hydrogen-bond acceptors (Lipinski definition) is 7. The first kappa shape index (κ1) is 16.8. The molecule has 3 heterocycles. The van der Waals surface area contributed by atoms with E-state index in [0.29, 0.717) is 36.5 Å². The molecule has 138 valence electrons. The number of morpholine rings is 1. The molecule has 2 aliphatic rings. The first-order valence-corrected chi connectivity index (χ1v) is 8.68. The van der Waals surface area contributed by atoms with Crippen molar-refractivity contribution in [2.75, 3.05) is 25.6 Å². The monoisotopic (exact) mass is 359 g/mol. The summed E-state index contributed by atoms with van der Waals surface area (Å²) in [6.45, 7) is 2.79. The summed E-state index contributed by atoms with van der Waals surface area (Å²) in [5, 5.41) is 6.93. The van der Waals surface area contributed by atoms with Crippen LogP contribution in [0.3, 0.4) is 0 Å². The summed E-state index contributed by atoms with van der Waals surface area (Å²) in [6.07, 6.45) is 3.51. The fourth-order valence-corrected chi connectivity index (χ4v) is 3.05. The highest BCUT2D eigenvalue weighted by molar-refractivity contribution is 5.89. The van der Waals surface area contributed by atoms with Gasteiger partial charge in [-0.25, -0.2) is 9.78 Å². The van der Waals surface area contributed by atoms with Crippen LogP contribution in [0.5, 0.6) is 5.88 Å². The number of carbonyl (C=O) groups excluding carboxylic acids is 1. The molecule has 0 unspecified atom stereocenters. The molecule has 1 N–H and O–H groups in total. The largest absolute Gasteiger partial charge is 0.481 e. The van der Waals surface area contributed by atoms with Crippen LogP contribution in [0.1, 0.15) is 43.4 Å². The molecule has 2 fully saturated rings. The lowest BCUT2D eigenvalue weighted by molar-refractivity contribution is -0.0525. The van der Waals surface area contributed by atoms with Crippen molar-refractivity contribution in [1.29, 1.82) is 0 Å². The Hall–Kier alpha value is -2.68. The molecule has 0 spiro atoms. The number of amides is 2. The topological polar surface area (TPSA) is 103 Å². The van der Waals surface area contributed by atoms with Gasteiger partial charge in [-0.15, -0.1) is 0 Å². The third-order valence-electron chi connectivity index (χ3n) is 4.60. The van der Waals surface area contributed by atoms with Gasteiger partial charge in [0, 0.05) is 30.4 Å². The van der Waals surface area contributed by atoms with Gasteiger partial charge in [0.15, 0.2) is 5.82 Å². The Morgan fingerprint density at radius 3 is 3.04 bits per heavy atom. The van der Waals surface area contributed by atoms with Crippen molar-refractivity contribution in [2.45, 2.75) is 37.8 Å². The number of methoxy groups -OCH3 is 1. The van der Waals surface area contributed by atoms with Gasteiger partial charge in [-0.1, -0.05) is 5.16 Å². The highest BCUT2D eigenvalue weighted by atomic mass is 16.5. The Labute approximate surface area is 150 Å². The molecule has 2 atom stereocenters. The summed E-state index contributed by atoms with van der Waals surface area (Å²) in [6, 6.07) is 2.68. The number of nitrogens with zero attached hydrogens (tertiary/aromatic N) is 4. The second-order valence-electron chi connectivity index (χ2n) is 6.50. The molecule has 1 saturated carbocycles. The fourth-order valence-electron chi connectivity index (χ4n) is 3.05. The van der Waals surface area contributed by atoms with Gasteiger partial charge in [0.25, 0.3) is 5.89 Å². The number of anilines is 1. The second-order valence-corrected chi connectivity index (χ2v) is 6.50. The standard InChI is InChI=1S/C17H21N5O4/c1-10-14(16-20-15(21-26-16)11-3-4-11)22(7-8-25-10)17(23)19-12-5-6-18-13(9-12)24-2/h5-6,9-11,14H,3-4,7-8H2,1-2H3,(H,18,19,23)/t10-,14+/m1/s1. The minimum Gasteiger partial charge on any atom is -0.481 e. The molecule has 2 amide bonds. The van der Waals surface area contributed by atoms with Crippen molar-refractivity contribution in [1.82, 2.24) is 20.0 Å². The van der Waals surface area contributed by atoms with Crippen LogP contribution in [0.4, 0.5) is 10.5 Å². The van der Waals surface area contributed by atoms with Crippen LogP contribution in [0.15, 0.2) is 22.9 Å². The third kappa shape index (κ3) is 3.34. The van der Waals surface area contributed by atoms with E-state index in [1.807, 2.05) is 6.92 Å². The zero-order valence-electron chi connectivity index (χ0n) is 14.7. The van der Waals surface area contributed by atoms with Gasteiger partial charge in [0.2, 0.25) is 5.88 Å². The van der Waals surface area contributed by atoms with E-state index in [1.165, 1.54) is 7.11 Å². The number of hydrogen-bond donors (Lipinski definition) is 1. The van der Waals surface area contributed by atoms with Crippen LogP contribution < -0.4 is 10.1 Å². The molecule has 1 aliphatic carbocycles. The molecule has 9 nitrogen and oxygen atoms in total. The Morgan fingerprint density at radius 2 is 2.27 bits per heavy atom. The summed E-state index contributed by atoms with van der Waals surface area (Å²) in [4.78, 5) is 23.1. The highest BCUT2D eigenvalue weighted by Gasteiger charge is 2.39. The Balaban J connectivity index is 1.54. The van der Waals surface area contributed by atoms with Crippen LogP contribution in [0.2, 0.25) is 0 Å². The van der Waals surface area contributed by atoms with Gasteiger partial charge >= 0.3 is 6.03 Å². The predicted molar refractivity (Wildman–Crippen MR) is 90.9 cm³/mol. The van der Waals surface area contributed by atoms with Crippen LogP contribution in [0, 0.1) is 0 Å². The van der Waals surface area contributed by atoms with Gasteiger partial charge in [0.05, 0.1) is 19.8 Å². The van der Waals surface area contributed by atoms with E-state index in [2.05, 4.69) is 20.4 Å². The lowest BCUT2D eigenvalue weighted by Crippen LogP contribution is -2.49. The third-order valence-corrected chi connectivity index (χ3v) is 4.60. The Morgan fingerprint density at radius 1 is 1.42 bits per heavy atom. The van der Waals surface area contributed by atoms with Crippen molar-refractivity contribution < 1.29 is 18.8 Å². The maximum atomic E-state index is 12.9. The molecule has 9 heteroatoms. The van der Waals surface area contributed by atoms with Gasteiger partial charge in [-0.2, -0.15) is 4.98 Å². The van der Waals surface area contributed by atoms with E-state index in [1.54, 1.807) is 23.2 Å². The number of rotatable bonds is 4. The number of ether oxygens (including phenoxy) is 2. The lowest BCUT2D eigenvalue weighted by atomic mass is 10.1. The van der Waals surface area contributed by atoms with E-state index in [4.69, 9.17) is 14.0 Å². The number of carbonyl (C=O) groups is 1. The number of aromatic nitrogens is 3. The zero-order chi connectivity index (χ0) is 18.1. The molecular formula is C17H21N5O4. The lowest BCUT2D eigenvalue weighted by Gasteiger charge is -2.37. The van der Waals surface area contributed by atoms with E-state index in [9.17, 15) is 4.79 Å². The van der Waals surface area contributed by atoms with Crippen molar-refractivity contribution in [3.05, 3.63) is 30.0 Å². The quantitative estimate of drug-likeness (QED) is 0.894. The SMILES string of the molecule is COc1cc(NC(=O)N2CCO[C@H](C)[C@H]2c2nc(C3CC3)no2)ccn1. The van der Waals surface area contributed by atoms with Crippen molar-refractivity contribution in [3.63, 3.8) is 0 Å². The first-order chi connectivity index (χ1) is 12.7. The average Bonchev–Trinajstić information content (AvgIpc) is 3.39. The minimum atomic E-state index is -0.424. The van der Waals surface area contributed by atoms with Crippen molar-refractivity contribution in [2.24, 2.45) is 0 Å². The second kappa shape index (κ2) is 6.91. The van der Waals surface area contributed by atoms with E-state index >= 15 is 0 Å². The van der Waals surface area contributed by atoms with Crippen LogP contribution >= 0.6 is 0 Å². The molecule has 26 heavy (non-hydrogen) atoms. The maximum absolute atomic E-state index is 12.9. The zero-order valence-corrected chi connectivity index (χ0v) is 14.7. The normalized spacial score (nSPS) is 22.9. The van der Waals surface area contributed by atoms with Crippen molar-refractivity contribution in [3.8, 4) is 5.88 Å². The minimum absolute atomic E-state index is 0.242. The van der Waals surface area contributed by atoms with Crippen LogP contribution in [-0.2, 0) is 4.74 Å². The summed E-state index contributed by atoms with van der Waals surface area (Å²) in [7, 11) is 1.53. The van der Waals surface area contributed by atoms with Crippen LogP contribution in [0.25, 0.3) is 0 Å². The predicted octanol–water partition coefficient (Wildman–Crippen LogP) is 2.34. The molecule has 1 aliphatic heterocycles. The number of pyridine rings is 1. The number of urea groups is 1. The molecule has 2 aromatic rings. The van der Waals surface area contributed by atoms with Crippen LogP contribution in [-0.4, -0.2) is 52.4 Å². The number of nitrogens with one attached hydrogen (secondary N) is 1. The summed E-state index contributed by atoms with van der Waals surface area (Å²) >= 11 is 0. The van der Waals surface area contributed by atoms with Gasteiger partial charge < -0.3 is 24.2 Å². The van der Waals surface area contributed by atoms with Gasteiger partial charge in [0.1, 0.15) is 6.04 Å². The molecular weight excluding hydrogens is 338 g/mol. The van der Waals surface area contributed by atoms with E-state index in [0.717, 1.165) is 18.7 Å². The Kier molecular flexibility index (Phi) is 4.46. The molecule has 0 bridgehead atoms. The van der Waals surface area contributed by atoms with Gasteiger partial charge in [-0.3, -0.25) is 0 Å². The Bertz CT molecular complexity index is 791. The maximum Gasteiger partial charge on any atom is 0.322 e. The van der Waals surface area contributed by atoms with Gasteiger partial charge in [-0.05, 0) is 25.8 Å². The average molecular weight is 359 g/mol. The van der Waals surface area contributed by atoms with E-state index < -0.39 is 6.04 Å². The first-order valence-electron chi connectivity index (χ1n) is 8.68. The fraction of sp³-hybridized carbons (Fsp3) is 0.529. The molecule has 2 aromatic heterocycles. The van der Waals surface area contributed by atoms with Crippen molar-refractivity contribution >= 4 is 11.7 Å². The highest BCUT2D eigenvalue weighted by Crippen LogP contribution is 2.39. The molecule has 0 radical (unpaired) electrons. The summed E-state index contributed by atoms with van der Waals surface area (Å²) in [5.41, 5.74) is 0.601. The summed E-state index contributed by atoms with van der Waals surface area (Å²) in [5.74, 6) is 1.96. The summed E-state index contributed by atoms with van der Waals surface area (Å²) < 4.78 is 16.3. The molecule has 4 rings (SSSR count). The van der Waals surface area contributed by atoms with E-state index in [-0.39, 0.29) is 12.1 Å². The molecule has 1 saturated heterocycles. The molecule has 0 aromatic carbocycles.